The zero-order valence-electron chi connectivity index (χ0n) is 10.6. The molecular weight excluding hydrogens is 381 g/mol. The summed E-state index contributed by atoms with van der Waals surface area (Å²) in [6.45, 7) is 3.25. The molecule has 0 spiro atoms. The summed E-state index contributed by atoms with van der Waals surface area (Å²) in [6.07, 6.45) is -0.0918. The summed E-state index contributed by atoms with van der Waals surface area (Å²) in [7, 11) is 0. The van der Waals surface area contributed by atoms with Crippen LogP contribution in [0.5, 0.6) is 0 Å². The normalized spacial score (nSPS) is 18.6. The second-order valence-electron chi connectivity index (χ2n) is 4.35. The van der Waals surface area contributed by atoms with Crippen LogP contribution in [-0.2, 0) is 14.3 Å². The van der Waals surface area contributed by atoms with E-state index in [-0.39, 0.29) is 17.9 Å². The number of rotatable bonds is 4. The SMILES string of the molecule is Cc1cc(I)ccc1N(CC1COCO1)C(=O)CCl. The van der Waals surface area contributed by atoms with Crippen LogP contribution in [0.25, 0.3) is 0 Å². The number of carbonyl (C=O) groups is 1. The van der Waals surface area contributed by atoms with Crippen molar-refractivity contribution in [3.63, 3.8) is 0 Å². The van der Waals surface area contributed by atoms with Gasteiger partial charge in [-0.25, -0.2) is 0 Å². The number of benzene rings is 1. The molecule has 1 unspecified atom stereocenters. The topological polar surface area (TPSA) is 38.8 Å². The summed E-state index contributed by atoms with van der Waals surface area (Å²) < 4.78 is 11.7. The van der Waals surface area contributed by atoms with Gasteiger partial charge in [-0.3, -0.25) is 4.79 Å². The van der Waals surface area contributed by atoms with Crippen molar-refractivity contribution < 1.29 is 14.3 Å². The van der Waals surface area contributed by atoms with Crippen molar-refractivity contribution in [2.45, 2.75) is 13.0 Å². The van der Waals surface area contributed by atoms with Crippen molar-refractivity contribution in [3.8, 4) is 0 Å². The maximum absolute atomic E-state index is 12.0. The van der Waals surface area contributed by atoms with Crippen LogP contribution in [0.4, 0.5) is 5.69 Å². The van der Waals surface area contributed by atoms with Crippen molar-refractivity contribution in [1.82, 2.24) is 0 Å². The molecule has 2 rings (SSSR count). The molecule has 1 aromatic carbocycles. The number of halogens is 2. The van der Waals surface area contributed by atoms with Gasteiger partial charge in [0.05, 0.1) is 13.2 Å². The summed E-state index contributed by atoms with van der Waals surface area (Å²) in [5, 5.41) is 0. The van der Waals surface area contributed by atoms with E-state index >= 15 is 0 Å². The zero-order valence-corrected chi connectivity index (χ0v) is 13.5. The van der Waals surface area contributed by atoms with Gasteiger partial charge in [0.1, 0.15) is 18.8 Å². The Morgan fingerprint density at radius 1 is 1.58 bits per heavy atom. The van der Waals surface area contributed by atoms with Gasteiger partial charge in [0.25, 0.3) is 0 Å². The summed E-state index contributed by atoms with van der Waals surface area (Å²) in [5.41, 5.74) is 1.92. The lowest BCUT2D eigenvalue weighted by Gasteiger charge is -2.26. The molecular formula is C13H15ClINO3. The highest BCUT2D eigenvalue weighted by Crippen LogP contribution is 2.23. The number of amides is 1. The first-order valence-corrected chi connectivity index (χ1v) is 7.55. The van der Waals surface area contributed by atoms with E-state index in [1.54, 1.807) is 4.90 Å². The van der Waals surface area contributed by atoms with Crippen molar-refractivity contribution in [2.24, 2.45) is 0 Å². The number of hydrogen-bond donors (Lipinski definition) is 0. The molecule has 6 heteroatoms. The van der Waals surface area contributed by atoms with Crippen LogP contribution in [-0.4, -0.2) is 37.8 Å². The van der Waals surface area contributed by atoms with Gasteiger partial charge in [-0.15, -0.1) is 11.6 Å². The molecule has 0 bridgehead atoms. The van der Waals surface area contributed by atoms with Crippen LogP contribution in [0.1, 0.15) is 5.56 Å². The molecule has 1 aliphatic rings. The van der Waals surface area contributed by atoms with Crippen molar-refractivity contribution >= 4 is 45.8 Å². The van der Waals surface area contributed by atoms with Gasteiger partial charge in [-0.1, -0.05) is 0 Å². The predicted molar refractivity (Wildman–Crippen MR) is 82.7 cm³/mol. The quantitative estimate of drug-likeness (QED) is 0.581. The highest BCUT2D eigenvalue weighted by molar-refractivity contribution is 14.1. The van der Waals surface area contributed by atoms with Crippen LogP contribution in [0.2, 0.25) is 0 Å². The van der Waals surface area contributed by atoms with E-state index in [1.807, 2.05) is 25.1 Å². The molecule has 19 heavy (non-hydrogen) atoms. The first-order chi connectivity index (χ1) is 9.11. The fourth-order valence-corrected chi connectivity index (χ4v) is 2.80. The zero-order chi connectivity index (χ0) is 13.8. The maximum Gasteiger partial charge on any atom is 0.242 e. The first kappa shape index (κ1) is 15.0. The molecule has 1 aliphatic heterocycles. The monoisotopic (exact) mass is 395 g/mol. The largest absolute Gasteiger partial charge is 0.353 e. The molecule has 0 N–H and O–H groups in total. The van der Waals surface area contributed by atoms with Crippen molar-refractivity contribution in [1.29, 1.82) is 0 Å². The molecule has 1 saturated heterocycles. The molecule has 1 aromatic rings. The molecule has 1 amide bonds. The summed E-state index contributed by atoms with van der Waals surface area (Å²) >= 11 is 7.95. The average molecular weight is 396 g/mol. The molecule has 1 atom stereocenters. The Balaban J connectivity index is 2.23. The highest BCUT2D eigenvalue weighted by atomic mass is 127. The molecule has 0 aromatic heterocycles. The van der Waals surface area contributed by atoms with E-state index in [2.05, 4.69) is 22.6 Å². The third-order valence-electron chi connectivity index (χ3n) is 2.94. The molecule has 4 nitrogen and oxygen atoms in total. The Kier molecular flexibility index (Phi) is 5.44. The van der Waals surface area contributed by atoms with E-state index in [9.17, 15) is 4.79 Å². The van der Waals surface area contributed by atoms with Gasteiger partial charge in [-0.05, 0) is 53.3 Å². The molecule has 0 radical (unpaired) electrons. The van der Waals surface area contributed by atoms with E-state index in [1.165, 1.54) is 0 Å². The van der Waals surface area contributed by atoms with Crippen LogP contribution < -0.4 is 4.90 Å². The lowest BCUT2D eigenvalue weighted by Crippen LogP contribution is -2.39. The molecule has 0 aliphatic carbocycles. The van der Waals surface area contributed by atoms with E-state index < -0.39 is 0 Å². The number of alkyl halides is 1. The van der Waals surface area contributed by atoms with E-state index in [4.69, 9.17) is 21.1 Å². The minimum Gasteiger partial charge on any atom is -0.353 e. The number of anilines is 1. The highest BCUT2D eigenvalue weighted by Gasteiger charge is 2.24. The third kappa shape index (κ3) is 3.81. The van der Waals surface area contributed by atoms with Crippen LogP contribution in [0, 0.1) is 10.5 Å². The van der Waals surface area contributed by atoms with Crippen molar-refractivity contribution in [2.75, 3.05) is 30.7 Å². The fraction of sp³-hybridized carbons (Fsp3) is 0.462. The Morgan fingerprint density at radius 2 is 2.37 bits per heavy atom. The van der Waals surface area contributed by atoms with E-state index in [0.29, 0.717) is 19.9 Å². The fourth-order valence-electron chi connectivity index (χ4n) is 2.01. The Hall–Kier alpha value is -0.370. The Morgan fingerprint density at radius 3 is 2.95 bits per heavy atom. The Labute approximate surface area is 131 Å². The van der Waals surface area contributed by atoms with Gasteiger partial charge in [-0.2, -0.15) is 0 Å². The summed E-state index contributed by atoms with van der Waals surface area (Å²) in [5.74, 6) is -0.166. The summed E-state index contributed by atoms with van der Waals surface area (Å²) in [6, 6.07) is 5.96. The van der Waals surface area contributed by atoms with Gasteiger partial charge in [0, 0.05) is 9.26 Å². The smallest absolute Gasteiger partial charge is 0.242 e. The molecule has 0 saturated carbocycles. The standard InChI is InChI=1S/C13H15ClINO3/c1-9-4-10(15)2-3-12(9)16(13(17)5-14)6-11-7-18-8-19-11/h2-4,11H,5-8H2,1H3. The Bertz CT molecular complexity index is 463. The first-order valence-electron chi connectivity index (χ1n) is 5.93. The minimum atomic E-state index is -0.124. The molecule has 1 heterocycles. The number of aryl methyl sites for hydroxylation is 1. The van der Waals surface area contributed by atoms with Gasteiger partial charge >= 0.3 is 0 Å². The molecule has 1 fully saturated rings. The second-order valence-corrected chi connectivity index (χ2v) is 5.86. The maximum atomic E-state index is 12.0. The van der Waals surface area contributed by atoms with E-state index in [0.717, 1.165) is 14.8 Å². The number of nitrogens with zero attached hydrogens (tertiary/aromatic N) is 1. The van der Waals surface area contributed by atoms with Gasteiger partial charge < -0.3 is 14.4 Å². The number of carbonyl (C=O) groups excluding carboxylic acids is 1. The number of hydrogen-bond acceptors (Lipinski definition) is 3. The lowest BCUT2D eigenvalue weighted by molar-refractivity contribution is -0.116. The predicted octanol–water partition coefficient (Wildman–Crippen LogP) is 2.54. The van der Waals surface area contributed by atoms with Crippen LogP contribution in [0.3, 0.4) is 0 Å². The lowest BCUT2D eigenvalue weighted by atomic mass is 10.1. The van der Waals surface area contributed by atoms with Crippen molar-refractivity contribution in [3.05, 3.63) is 27.3 Å². The number of ether oxygens (including phenoxy) is 2. The minimum absolute atomic E-state index is 0.0427. The van der Waals surface area contributed by atoms with Crippen LogP contribution >= 0.6 is 34.2 Å². The summed E-state index contributed by atoms with van der Waals surface area (Å²) in [4.78, 5) is 13.7. The average Bonchev–Trinajstić information content (AvgIpc) is 2.89. The third-order valence-corrected chi connectivity index (χ3v) is 3.84. The molecule has 104 valence electrons. The van der Waals surface area contributed by atoms with Gasteiger partial charge in [0.15, 0.2) is 0 Å². The van der Waals surface area contributed by atoms with Crippen LogP contribution in [0.15, 0.2) is 18.2 Å². The van der Waals surface area contributed by atoms with Gasteiger partial charge in [0.2, 0.25) is 5.91 Å². The second kappa shape index (κ2) is 6.88.